The van der Waals surface area contributed by atoms with Crippen LogP contribution in [-0.4, -0.2) is 60.1 Å². The fourth-order valence-corrected chi connectivity index (χ4v) is 4.24. The molecule has 0 unspecified atom stereocenters. The molecule has 1 aromatic rings. The van der Waals surface area contributed by atoms with Crippen LogP contribution in [0.25, 0.3) is 0 Å². The molecule has 1 amide bonds. The lowest BCUT2D eigenvalue weighted by Crippen LogP contribution is -2.38. The van der Waals surface area contributed by atoms with Crippen molar-refractivity contribution in [2.45, 2.75) is 38.8 Å². The van der Waals surface area contributed by atoms with Crippen molar-refractivity contribution >= 4 is 17.2 Å². The Morgan fingerprint density at radius 3 is 3.09 bits per heavy atom. The summed E-state index contributed by atoms with van der Waals surface area (Å²) in [5.74, 6) is 0.782. The Bertz CT molecular complexity index is 513. The smallest absolute Gasteiger partial charge is 0.251 e. The largest absolute Gasteiger partial charge is 0.368 e. The van der Waals surface area contributed by atoms with Crippen LogP contribution in [0.5, 0.6) is 0 Å². The first kappa shape index (κ1) is 15.9. The van der Waals surface area contributed by atoms with Gasteiger partial charge in [0.1, 0.15) is 6.10 Å². The molecule has 2 aliphatic rings. The summed E-state index contributed by atoms with van der Waals surface area (Å²) in [4.78, 5) is 22.4. The van der Waals surface area contributed by atoms with Crippen LogP contribution in [0.15, 0.2) is 5.51 Å². The minimum absolute atomic E-state index is 0.170. The van der Waals surface area contributed by atoms with Crippen LogP contribution in [0.3, 0.4) is 0 Å². The number of rotatable bonds is 5. The number of hydrogen-bond donors (Lipinski definition) is 0. The van der Waals surface area contributed by atoms with Crippen molar-refractivity contribution in [1.82, 2.24) is 14.8 Å². The number of likely N-dealkylation sites (tertiary alicyclic amines) is 1. The summed E-state index contributed by atoms with van der Waals surface area (Å²) in [5, 5.41) is 0. The second-order valence-electron chi connectivity index (χ2n) is 6.50. The van der Waals surface area contributed by atoms with E-state index in [-0.39, 0.29) is 12.0 Å². The molecule has 2 aliphatic heterocycles. The van der Waals surface area contributed by atoms with E-state index in [2.05, 4.69) is 23.9 Å². The summed E-state index contributed by atoms with van der Waals surface area (Å²) in [5.41, 5.74) is 3.05. The number of nitrogens with zero attached hydrogens (tertiary/aromatic N) is 3. The number of thiazole rings is 1. The van der Waals surface area contributed by atoms with Gasteiger partial charge in [-0.15, -0.1) is 11.3 Å². The molecular weight excluding hydrogens is 298 g/mol. The lowest BCUT2D eigenvalue weighted by atomic mass is 10.1. The molecule has 0 bridgehead atoms. The fraction of sp³-hybridized carbons (Fsp3) is 0.750. The average Bonchev–Trinajstić information content (AvgIpc) is 3.21. The molecule has 6 heteroatoms. The number of aryl methyl sites for hydroxylation is 1. The Labute approximate surface area is 136 Å². The van der Waals surface area contributed by atoms with E-state index in [1.807, 2.05) is 10.4 Å². The van der Waals surface area contributed by atoms with Gasteiger partial charge in [0, 0.05) is 37.7 Å². The molecule has 1 aromatic heterocycles. The van der Waals surface area contributed by atoms with Crippen LogP contribution in [-0.2, 0) is 16.1 Å². The molecule has 2 saturated heterocycles. The molecule has 3 heterocycles. The van der Waals surface area contributed by atoms with Crippen LogP contribution >= 0.6 is 11.3 Å². The van der Waals surface area contributed by atoms with E-state index in [1.54, 1.807) is 11.3 Å². The van der Waals surface area contributed by atoms with E-state index < -0.39 is 0 Å². The molecule has 0 radical (unpaired) electrons. The molecule has 0 aliphatic carbocycles. The van der Waals surface area contributed by atoms with Crippen molar-refractivity contribution < 1.29 is 9.53 Å². The first-order valence-electron chi connectivity index (χ1n) is 8.11. The number of hydrogen-bond acceptors (Lipinski definition) is 5. The van der Waals surface area contributed by atoms with Crippen molar-refractivity contribution in [1.29, 1.82) is 0 Å². The van der Waals surface area contributed by atoms with E-state index in [0.29, 0.717) is 5.92 Å². The highest BCUT2D eigenvalue weighted by atomic mass is 32.1. The zero-order valence-electron chi connectivity index (χ0n) is 13.5. The highest BCUT2D eigenvalue weighted by molar-refractivity contribution is 7.09. The summed E-state index contributed by atoms with van der Waals surface area (Å²) in [6.07, 6.45) is 2.84. The lowest BCUT2D eigenvalue weighted by molar-refractivity contribution is -0.139. The van der Waals surface area contributed by atoms with Gasteiger partial charge in [-0.3, -0.25) is 4.79 Å². The third-order valence-corrected chi connectivity index (χ3v) is 5.55. The number of ether oxygens (including phenoxy) is 1. The average molecular weight is 323 g/mol. The topological polar surface area (TPSA) is 45.7 Å². The van der Waals surface area contributed by atoms with Crippen molar-refractivity contribution in [3.8, 4) is 0 Å². The van der Waals surface area contributed by atoms with E-state index >= 15 is 0 Å². The van der Waals surface area contributed by atoms with Gasteiger partial charge in [-0.1, -0.05) is 0 Å². The number of aromatic nitrogens is 1. The van der Waals surface area contributed by atoms with Crippen LogP contribution in [0.4, 0.5) is 0 Å². The molecule has 0 aromatic carbocycles. The van der Waals surface area contributed by atoms with Gasteiger partial charge in [-0.05, 0) is 39.2 Å². The van der Waals surface area contributed by atoms with E-state index in [4.69, 9.17) is 4.74 Å². The summed E-state index contributed by atoms with van der Waals surface area (Å²) in [7, 11) is 2.16. The Balaban J connectivity index is 1.46. The van der Waals surface area contributed by atoms with Gasteiger partial charge in [-0.25, -0.2) is 4.98 Å². The Kier molecular flexibility index (Phi) is 5.10. The van der Waals surface area contributed by atoms with Gasteiger partial charge < -0.3 is 14.5 Å². The zero-order chi connectivity index (χ0) is 15.5. The third-order valence-electron chi connectivity index (χ3n) is 4.63. The lowest BCUT2D eigenvalue weighted by Gasteiger charge is -2.22. The van der Waals surface area contributed by atoms with Gasteiger partial charge in [0.2, 0.25) is 0 Å². The van der Waals surface area contributed by atoms with Crippen molar-refractivity contribution in [3.05, 3.63) is 16.1 Å². The minimum Gasteiger partial charge on any atom is -0.368 e. The number of carbonyl (C=O) groups is 1. The molecule has 2 fully saturated rings. The van der Waals surface area contributed by atoms with Gasteiger partial charge in [-0.2, -0.15) is 0 Å². The van der Waals surface area contributed by atoms with Gasteiger partial charge in [0.15, 0.2) is 0 Å². The zero-order valence-corrected chi connectivity index (χ0v) is 14.3. The Hall–Kier alpha value is -0.980. The molecular formula is C16H25N3O2S. The normalized spacial score (nSPS) is 25.3. The van der Waals surface area contributed by atoms with Crippen LogP contribution < -0.4 is 0 Å². The highest BCUT2D eigenvalue weighted by Crippen LogP contribution is 2.23. The van der Waals surface area contributed by atoms with Crippen LogP contribution in [0, 0.1) is 12.8 Å². The quantitative estimate of drug-likeness (QED) is 0.830. The standard InChI is InChI=1S/C16H25N3O2S/c1-12-15(22-11-17-12)10-18(2)8-13-5-6-19(9-13)16(20)14-4-3-7-21-14/h11,13-14H,3-10H2,1-2H3/t13-,14-/m1/s1. The molecule has 3 rings (SSSR count). The molecule has 22 heavy (non-hydrogen) atoms. The SMILES string of the molecule is Cc1ncsc1CN(C)C[C@H]1CCN(C(=O)[C@H]2CCCO2)C1. The van der Waals surface area contributed by atoms with E-state index in [1.165, 1.54) is 4.88 Å². The van der Waals surface area contributed by atoms with E-state index in [9.17, 15) is 4.79 Å². The molecule has 0 spiro atoms. The molecule has 0 N–H and O–H groups in total. The monoisotopic (exact) mass is 323 g/mol. The van der Waals surface area contributed by atoms with Crippen LogP contribution in [0.2, 0.25) is 0 Å². The summed E-state index contributed by atoms with van der Waals surface area (Å²) < 4.78 is 5.52. The van der Waals surface area contributed by atoms with Crippen molar-refractivity contribution in [3.63, 3.8) is 0 Å². The van der Waals surface area contributed by atoms with Crippen molar-refractivity contribution in [2.75, 3.05) is 33.3 Å². The fourth-order valence-electron chi connectivity index (χ4n) is 3.39. The number of carbonyl (C=O) groups excluding carboxylic acids is 1. The second kappa shape index (κ2) is 7.06. The Morgan fingerprint density at radius 2 is 2.41 bits per heavy atom. The maximum atomic E-state index is 12.4. The maximum Gasteiger partial charge on any atom is 0.251 e. The number of amides is 1. The predicted octanol–water partition coefficient (Wildman–Crippen LogP) is 1.91. The first-order chi connectivity index (χ1) is 10.6. The summed E-state index contributed by atoms with van der Waals surface area (Å²) in [6, 6.07) is 0. The molecule has 122 valence electrons. The second-order valence-corrected chi connectivity index (χ2v) is 7.44. The maximum absolute atomic E-state index is 12.4. The molecule has 5 nitrogen and oxygen atoms in total. The molecule has 2 atom stereocenters. The molecule has 0 saturated carbocycles. The van der Waals surface area contributed by atoms with Crippen molar-refractivity contribution in [2.24, 2.45) is 5.92 Å². The minimum atomic E-state index is -0.170. The highest BCUT2D eigenvalue weighted by Gasteiger charge is 2.33. The Morgan fingerprint density at radius 1 is 1.55 bits per heavy atom. The van der Waals surface area contributed by atoms with Crippen LogP contribution in [0.1, 0.15) is 29.8 Å². The first-order valence-corrected chi connectivity index (χ1v) is 8.99. The predicted molar refractivity (Wildman–Crippen MR) is 86.8 cm³/mol. The third kappa shape index (κ3) is 3.67. The summed E-state index contributed by atoms with van der Waals surface area (Å²) >= 11 is 1.72. The summed E-state index contributed by atoms with van der Waals surface area (Å²) in [6.45, 7) is 6.56. The van der Waals surface area contributed by atoms with Gasteiger partial charge in [0.25, 0.3) is 5.91 Å². The van der Waals surface area contributed by atoms with Gasteiger partial charge in [0.05, 0.1) is 11.2 Å². The van der Waals surface area contributed by atoms with E-state index in [0.717, 1.165) is 57.7 Å². The van der Waals surface area contributed by atoms with Gasteiger partial charge >= 0.3 is 0 Å².